The van der Waals surface area contributed by atoms with Crippen molar-refractivity contribution in [2.75, 3.05) is 11.4 Å². The number of fused-ring (bicyclic) bond motifs is 1. The van der Waals surface area contributed by atoms with Gasteiger partial charge in [-0.1, -0.05) is 36.4 Å². The normalized spacial score (nSPS) is 16.4. The molecule has 3 rings (SSSR count). The van der Waals surface area contributed by atoms with Crippen LogP contribution in [-0.2, 0) is 4.79 Å². The molecule has 2 heterocycles. The minimum atomic E-state index is -0.813. The molecule has 23 heavy (non-hydrogen) atoms. The van der Waals surface area contributed by atoms with E-state index in [-0.39, 0.29) is 24.1 Å². The Kier molecular flexibility index (Phi) is 3.76. The molecule has 0 saturated heterocycles. The minimum Gasteiger partial charge on any atom is -0.469 e. The third kappa shape index (κ3) is 2.64. The van der Waals surface area contributed by atoms with Crippen LogP contribution in [0.2, 0.25) is 0 Å². The van der Waals surface area contributed by atoms with E-state index < -0.39 is 11.0 Å². The zero-order valence-electron chi connectivity index (χ0n) is 12.1. The summed E-state index contributed by atoms with van der Waals surface area (Å²) in [5.74, 6) is -0.217. The van der Waals surface area contributed by atoms with E-state index in [2.05, 4.69) is 11.6 Å². The second kappa shape index (κ2) is 5.88. The number of nitrogens with zero attached hydrogens (tertiary/aromatic N) is 3. The van der Waals surface area contributed by atoms with Crippen LogP contribution in [0.1, 0.15) is 11.7 Å². The molecule has 0 radical (unpaired) electrons. The van der Waals surface area contributed by atoms with Crippen molar-refractivity contribution in [1.82, 2.24) is 4.98 Å². The fourth-order valence-electron chi connectivity index (χ4n) is 2.38. The van der Waals surface area contributed by atoms with Crippen LogP contribution < -0.4 is 9.64 Å². The molecule has 0 fully saturated rings. The van der Waals surface area contributed by atoms with E-state index in [4.69, 9.17) is 4.74 Å². The van der Waals surface area contributed by atoms with E-state index >= 15 is 0 Å². The van der Waals surface area contributed by atoms with E-state index in [0.717, 1.165) is 0 Å². The Bertz CT molecular complexity index is 776. The molecule has 0 bridgehead atoms. The van der Waals surface area contributed by atoms with Crippen LogP contribution in [0.3, 0.4) is 0 Å². The molecule has 0 spiro atoms. The topological polar surface area (TPSA) is 85.6 Å². The Hall–Kier alpha value is -3.22. The van der Waals surface area contributed by atoms with E-state index in [1.807, 2.05) is 18.2 Å². The predicted octanol–water partition coefficient (Wildman–Crippen LogP) is 2.64. The highest BCUT2D eigenvalue weighted by Crippen LogP contribution is 2.38. The first-order valence-corrected chi connectivity index (χ1v) is 6.91. The largest absolute Gasteiger partial charge is 0.469 e. The SMILES string of the molecule is C=CCN1C(=O)C(c2ccccc2)Oc2ccc([N+](=O)[O-])nc21. The van der Waals surface area contributed by atoms with Gasteiger partial charge in [0.2, 0.25) is 6.10 Å². The van der Waals surface area contributed by atoms with Crippen molar-refractivity contribution >= 4 is 17.5 Å². The number of amides is 1. The highest BCUT2D eigenvalue weighted by molar-refractivity contribution is 5.99. The molecule has 7 heteroatoms. The molecule has 1 aliphatic rings. The summed E-state index contributed by atoms with van der Waals surface area (Å²) in [6.07, 6.45) is 0.724. The number of rotatable bonds is 4. The van der Waals surface area contributed by atoms with E-state index in [0.29, 0.717) is 11.3 Å². The zero-order chi connectivity index (χ0) is 16.4. The van der Waals surface area contributed by atoms with Crippen LogP contribution in [-0.4, -0.2) is 22.4 Å². The first-order chi connectivity index (χ1) is 11.1. The number of carbonyl (C=O) groups is 1. The maximum absolute atomic E-state index is 12.7. The van der Waals surface area contributed by atoms with Crippen LogP contribution in [0.4, 0.5) is 11.6 Å². The molecule has 1 atom stereocenters. The average molecular weight is 311 g/mol. The van der Waals surface area contributed by atoms with Crippen LogP contribution >= 0.6 is 0 Å². The van der Waals surface area contributed by atoms with E-state index in [9.17, 15) is 14.9 Å². The van der Waals surface area contributed by atoms with Crippen LogP contribution in [0.5, 0.6) is 5.75 Å². The summed E-state index contributed by atoms with van der Waals surface area (Å²) in [6.45, 7) is 3.81. The maximum atomic E-state index is 12.7. The van der Waals surface area contributed by atoms with Gasteiger partial charge in [0.1, 0.15) is 0 Å². The first kappa shape index (κ1) is 14.7. The molecule has 2 aromatic rings. The Balaban J connectivity index is 2.07. The van der Waals surface area contributed by atoms with Crippen LogP contribution in [0.15, 0.2) is 55.1 Å². The molecule has 1 amide bonds. The summed E-state index contributed by atoms with van der Waals surface area (Å²) in [5, 5.41) is 10.9. The predicted molar refractivity (Wildman–Crippen MR) is 83.3 cm³/mol. The maximum Gasteiger partial charge on any atom is 0.366 e. The number of anilines is 1. The third-order valence-electron chi connectivity index (χ3n) is 3.42. The average Bonchev–Trinajstić information content (AvgIpc) is 2.57. The molecule has 116 valence electrons. The Morgan fingerprint density at radius 2 is 2.04 bits per heavy atom. The van der Waals surface area contributed by atoms with Crippen molar-refractivity contribution in [1.29, 1.82) is 0 Å². The summed E-state index contributed by atoms with van der Waals surface area (Å²) in [7, 11) is 0. The van der Waals surface area contributed by atoms with Crippen molar-refractivity contribution in [3.63, 3.8) is 0 Å². The number of pyridine rings is 1. The standard InChI is InChI=1S/C16H13N3O4/c1-2-10-18-15-12(8-9-13(17-15)19(21)22)23-14(16(18)20)11-6-4-3-5-7-11/h2-9,14H,1,10H2. The Morgan fingerprint density at radius 1 is 1.30 bits per heavy atom. The molecule has 0 aliphatic carbocycles. The number of hydrogen-bond donors (Lipinski definition) is 0. The van der Waals surface area contributed by atoms with Crippen LogP contribution in [0, 0.1) is 10.1 Å². The quantitative estimate of drug-likeness (QED) is 0.492. The van der Waals surface area contributed by atoms with Gasteiger partial charge in [0.05, 0.1) is 0 Å². The number of carbonyl (C=O) groups excluding carboxylic acids is 1. The summed E-state index contributed by atoms with van der Waals surface area (Å²) < 4.78 is 5.73. The van der Waals surface area contributed by atoms with Crippen molar-refractivity contribution < 1.29 is 14.5 Å². The molecule has 1 aliphatic heterocycles. The lowest BCUT2D eigenvalue weighted by Gasteiger charge is -2.30. The highest BCUT2D eigenvalue weighted by atomic mass is 16.6. The van der Waals surface area contributed by atoms with Gasteiger partial charge in [-0.2, -0.15) is 0 Å². The Morgan fingerprint density at radius 3 is 2.70 bits per heavy atom. The van der Waals surface area contributed by atoms with Crippen LogP contribution in [0.25, 0.3) is 0 Å². The van der Waals surface area contributed by atoms with Crippen molar-refractivity contribution in [3.05, 3.63) is 70.8 Å². The molecule has 1 unspecified atom stereocenters. The lowest BCUT2D eigenvalue weighted by Crippen LogP contribution is -2.41. The van der Waals surface area contributed by atoms with Gasteiger partial charge in [0.25, 0.3) is 11.7 Å². The lowest BCUT2D eigenvalue weighted by atomic mass is 10.1. The van der Waals surface area contributed by atoms with Gasteiger partial charge in [0.15, 0.2) is 5.75 Å². The number of nitro groups is 1. The van der Waals surface area contributed by atoms with Crippen molar-refractivity contribution in [2.45, 2.75) is 6.10 Å². The van der Waals surface area contributed by atoms with Gasteiger partial charge in [-0.15, -0.1) is 6.58 Å². The van der Waals surface area contributed by atoms with Crippen molar-refractivity contribution in [2.24, 2.45) is 0 Å². The van der Waals surface area contributed by atoms with Gasteiger partial charge in [0, 0.05) is 18.2 Å². The highest BCUT2D eigenvalue weighted by Gasteiger charge is 2.39. The third-order valence-corrected chi connectivity index (χ3v) is 3.42. The smallest absolute Gasteiger partial charge is 0.366 e. The summed E-state index contributed by atoms with van der Waals surface area (Å²) in [5.41, 5.74) is 0.704. The second-order valence-corrected chi connectivity index (χ2v) is 4.89. The monoisotopic (exact) mass is 311 g/mol. The van der Waals surface area contributed by atoms with E-state index in [1.54, 1.807) is 12.1 Å². The summed E-state index contributed by atoms with van der Waals surface area (Å²) in [6, 6.07) is 11.8. The number of benzene rings is 1. The molecule has 1 aromatic carbocycles. The summed E-state index contributed by atoms with van der Waals surface area (Å²) >= 11 is 0. The molecule has 0 saturated carbocycles. The molecular weight excluding hydrogens is 298 g/mol. The Labute approximate surface area is 132 Å². The van der Waals surface area contributed by atoms with Gasteiger partial charge >= 0.3 is 5.82 Å². The van der Waals surface area contributed by atoms with E-state index in [1.165, 1.54) is 23.1 Å². The number of aromatic nitrogens is 1. The molecule has 7 nitrogen and oxygen atoms in total. The van der Waals surface area contributed by atoms with Crippen molar-refractivity contribution in [3.8, 4) is 5.75 Å². The molecular formula is C16H13N3O4. The zero-order valence-corrected chi connectivity index (χ0v) is 12.1. The van der Waals surface area contributed by atoms with Gasteiger partial charge in [-0.05, 0) is 16.0 Å². The van der Waals surface area contributed by atoms with Gasteiger partial charge < -0.3 is 14.9 Å². The van der Waals surface area contributed by atoms with Gasteiger partial charge in [-0.3, -0.25) is 9.69 Å². The molecule has 0 N–H and O–H groups in total. The minimum absolute atomic E-state index is 0.135. The molecule has 1 aromatic heterocycles. The fourth-order valence-corrected chi connectivity index (χ4v) is 2.38. The number of ether oxygens (including phenoxy) is 1. The fraction of sp³-hybridized carbons (Fsp3) is 0.125. The van der Waals surface area contributed by atoms with Gasteiger partial charge in [-0.25, -0.2) is 0 Å². The lowest BCUT2D eigenvalue weighted by molar-refractivity contribution is -0.389. The number of hydrogen-bond acceptors (Lipinski definition) is 5. The second-order valence-electron chi connectivity index (χ2n) is 4.89. The summed E-state index contributed by atoms with van der Waals surface area (Å²) in [4.78, 5) is 28.3. The first-order valence-electron chi connectivity index (χ1n) is 6.91.